The quantitative estimate of drug-likeness (QED) is 0.856. The molecule has 1 amide bonds. The van der Waals surface area contributed by atoms with Crippen LogP contribution in [0.4, 0.5) is 0 Å². The molecule has 0 radical (unpaired) electrons. The van der Waals surface area contributed by atoms with Crippen LogP contribution in [-0.2, 0) is 0 Å². The molecule has 2 aromatic heterocycles. The van der Waals surface area contributed by atoms with Gasteiger partial charge in [0.25, 0.3) is 5.91 Å². The van der Waals surface area contributed by atoms with Crippen LogP contribution in [0, 0.1) is 0 Å². The number of pyridine rings is 2. The molecule has 0 aromatic carbocycles. The summed E-state index contributed by atoms with van der Waals surface area (Å²) in [6.45, 7) is 0.687. The molecule has 0 atom stereocenters. The van der Waals surface area contributed by atoms with Crippen molar-refractivity contribution in [2.75, 3.05) is 6.54 Å². The van der Waals surface area contributed by atoms with Crippen LogP contribution in [0.3, 0.4) is 0 Å². The lowest BCUT2D eigenvalue weighted by molar-refractivity contribution is 0.0953. The van der Waals surface area contributed by atoms with E-state index >= 15 is 0 Å². The van der Waals surface area contributed by atoms with Crippen molar-refractivity contribution in [2.45, 2.75) is 32.1 Å². The van der Waals surface area contributed by atoms with Gasteiger partial charge in [-0.2, -0.15) is 0 Å². The van der Waals surface area contributed by atoms with E-state index in [1.54, 1.807) is 18.5 Å². The number of nitrogens with one attached hydrogen (secondary N) is 1. The van der Waals surface area contributed by atoms with Gasteiger partial charge in [0.15, 0.2) is 0 Å². The number of aromatic nitrogens is 2. The van der Waals surface area contributed by atoms with Crippen molar-refractivity contribution in [3.8, 4) is 11.4 Å². The number of nitrogens with zero attached hydrogens (tertiary/aromatic N) is 2. The van der Waals surface area contributed by atoms with E-state index in [4.69, 9.17) is 0 Å². The number of hydrogen-bond donors (Lipinski definition) is 1. The monoisotopic (exact) mass is 307 g/mol. The first-order valence-corrected chi connectivity index (χ1v) is 8.16. The number of carbonyl (C=O) groups is 1. The van der Waals surface area contributed by atoms with Gasteiger partial charge < -0.3 is 5.32 Å². The van der Waals surface area contributed by atoms with Crippen LogP contribution in [0.5, 0.6) is 0 Å². The lowest BCUT2D eigenvalue weighted by Gasteiger charge is -2.13. The molecule has 2 heterocycles. The Kier molecular flexibility index (Phi) is 5.14. The number of amides is 1. The van der Waals surface area contributed by atoms with Gasteiger partial charge in [-0.1, -0.05) is 17.7 Å². The molecule has 1 N–H and O–H groups in total. The maximum atomic E-state index is 12.1. The highest BCUT2D eigenvalue weighted by Crippen LogP contribution is 2.19. The summed E-state index contributed by atoms with van der Waals surface area (Å²) in [7, 11) is 0. The maximum Gasteiger partial charge on any atom is 0.252 e. The first-order valence-electron chi connectivity index (χ1n) is 8.16. The van der Waals surface area contributed by atoms with Gasteiger partial charge >= 0.3 is 0 Å². The summed E-state index contributed by atoms with van der Waals surface area (Å²) in [5, 5.41) is 2.97. The molecule has 2 aromatic rings. The van der Waals surface area contributed by atoms with E-state index in [9.17, 15) is 4.79 Å². The van der Waals surface area contributed by atoms with Gasteiger partial charge in [0.05, 0.1) is 17.0 Å². The molecule has 0 bridgehead atoms. The smallest absolute Gasteiger partial charge is 0.252 e. The fourth-order valence-corrected chi connectivity index (χ4v) is 2.76. The second-order valence-electron chi connectivity index (χ2n) is 5.76. The standard InChI is InChI=1S/C19H21N3O/c23-19(21-13-11-15-6-2-1-3-7-15)16-9-10-18(22-14-16)17-8-4-5-12-20-17/h4-6,8-10,12,14H,1-3,7,11,13H2,(H,21,23). The normalized spacial score (nSPS) is 14.2. The van der Waals surface area contributed by atoms with Gasteiger partial charge in [-0.05, 0) is 56.4 Å². The summed E-state index contributed by atoms with van der Waals surface area (Å²) in [5.41, 5.74) is 3.64. The van der Waals surface area contributed by atoms with Crippen LogP contribution in [0.2, 0.25) is 0 Å². The Balaban J connectivity index is 1.54. The van der Waals surface area contributed by atoms with Crippen LogP contribution < -0.4 is 5.32 Å². The third-order valence-corrected chi connectivity index (χ3v) is 4.07. The van der Waals surface area contributed by atoms with Crippen molar-refractivity contribution in [1.29, 1.82) is 0 Å². The van der Waals surface area contributed by atoms with Crippen LogP contribution in [0.25, 0.3) is 11.4 Å². The Hall–Kier alpha value is -2.49. The van der Waals surface area contributed by atoms with Crippen molar-refractivity contribution < 1.29 is 4.79 Å². The van der Waals surface area contributed by atoms with Gasteiger partial charge in [0.1, 0.15) is 0 Å². The molecule has 118 valence electrons. The molecule has 0 spiro atoms. The largest absolute Gasteiger partial charge is 0.352 e. The predicted molar refractivity (Wildman–Crippen MR) is 91.0 cm³/mol. The molecule has 0 fully saturated rings. The topological polar surface area (TPSA) is 54.9 Å². The molecule has 1 aliphatic carbocycles. The van der Waals surface area contributed by atoms with Crippen molar-refractivity contribution in [1.82, 2.24) is 15.3 Å². The van der Waals surface area contributed by atoms with Crippen molar-refractivity contribution in [2.24, 2.45) is 0 Å². The van der Waals surface area contributed by atoms with Crippen LogP contribution >= 0.6 is 0 Å². The highest BCUT2D eigenvalue weighted by Gasteiger charge is 2.08. The Labute approximate surface area is 136 Å². The zero-order valence-electron chi connectivity index (χ0n) is 13.2. The Morgan fingerprint density at radius 2 is 2.00 bits per heavy atom. The Morgan fingerprint density at radius 3 is 2.70 bits per heavy atom. The van der Waals surface area contributed by atoms with Gasteiger partial charge in [0, 0.05) is 18.9 Å². The van der Waals surface area contributed by atoms with Crippen molar-refractivity contribution in [3.05, 3.63) is 59.9 Å². The van der Waals surface area contributed by atoms with Crippen LogP contribution in [0.15, 0.2) is 54.4 Å². The second-order valence-corrected chi connectivity index (χ2v) is 5.76. The number of carbonyl (C=O) groups excluding carboxylic acids is 1. The highest BCUT2D eigenvalue weighted by atomic mass is 16.1. The molecular weight excluding hydrogens is 286 g/mol. The minimum atomic E-state index is -0.0681. The first-order chi connectivity index (χ1) is 11.3. The van der Waals surface area contributed by atoms with Gasteiger partial charge in [0.2, 0.25) is 0 Å². The van der Waals surface area contributed by atoms with Gasteiger partial charge in [-0.25, -0.2) is 0 Å². The third-order valence-electron chi connectivity index (χ3n) is 4.07. The van der Waals surface area contributed by atoms with Crippen LogP contribution in [0.1, 0.15) is 42.5 Å². The van der Waals surface area contributed by atoms with E-state index < -0.39 is 0 Å². The molecule has 23 heavy (non-hydrogen) atoms. The SMILES string of the molecule is O=C(NCCC1=CCCCC1)c1ccc(-c2ccccn2)nc1. The second kappa shape index (κ2) is 7.68. The van der Waals surface area contributed by atoms with E-state index in [1.807, 2.05) is 24.3 Å². The fourth-order valence-electron chi connectivity index (χ4n) is 2.76. The van der Waals surface area contributed by atoms with E-state index in [-0.39, 0.29) is 5.91 Å². The maximum absolute atomic E-state index is 12.1. The van der Waals surface area contributed by atoms with Crippen molar-refractivity contribution >= 4 is 5.91 Å². The predicted octanol–water partition coefficient (Wildman–Crippen LogP) is 3.76. The molecule has 0 aliphatic heterocycles. The fraction of sp³-hybridized carbons (Fsp3) is 0.316. The average molecular weight is 307 g/mol. The molecular formula is C19H21N3O. The molecule has 0 unspecified atom stereocenters. The minimum absolute atomic E-state index is 0.0681. The lowest BCUT2D eigenvalue weighted by atomic mass is 9.97. The summed E-state index contributed by atoms with van der Waals surface area (Å²) in [6, 6.07) is 9.32. The van der Waals surface area contributed by atoms with E-state index in [0.29, 0.717) is 12.1 Å². The highest BCUT2D eigenvalue weighted by molar-refractivity contribution is 5.94. The zero-order chi connectivity index (χ0) is 15.9. The van der Waals surface area contributed by atoms with Gasteiger partial charge in [-0.15, -0.1) is 0 Å². The minimum Gasteiger partial charge on any atom is -0.352 e. The number of rotatable bonds is 5. The average Bonchev–Trinajstić information content (AvgIpc) is 2.63. The van der Waals surface area contributed by atoms with E-state index in [1.165, 1.54) is 31.3 Å². The summed E-state index contributed by atoms with van der Waals surface area (Å²) < 4.78 is 0. The number of hydrogen-bond acceptors (Lipinski definition) is 3. The molecule has 3 rings (SSSR count). The molecule has 4 nitrogen and oxygen atoms in total. The van der Waals surface area contributed by atoms with E-state index in [0.717, 1.165) is 17.8 Å². The van der Waals surface area contributed by atoms with Gasteiger partial charge in [-0.3, -0.25) is 14.8 Å². The Morgan fingerprint density at radius 1 is 1.09 bits per heavy atom. The Bertz CT molecular complexity index is 678. The first kappa shape index (κ1) is 15.4. The third kappa shape index (κ3) is 4.25. The van der Waals surface area contributed by atoms with E-state index in [2.05, 4.69) is 21.4 Å². The van der Waals surface area contributed by atoms with Crippen LogP contribution in [-0.4, -0.2) is 22.4 Å². The summed E-state index contributed by atoms with van der Waals surface area (Å²) in [5.74, 6) is -0.0681. The zero-order valence-corrected chi connectivity index (χ0v) is 13.2. The molecule has 0 saturated carbocycles. The van der Waals surface area contributed by atoms with Crippen molar-refractivity contribution in [3.63, 3.8) is 0 Å². The summed E-state index contributed by atoms with van der Waals surface area (Å²) in [4.78, 5) is 20.7. The molecule has 4 heteroatoms. The molecule has 0 saturated heterocycles. The lowest BCUT2D eigenvalue weighted by Crippen LogP contribution is -2.25. The summed E-state index contributed by atoms with van der Waals surface area (Å²) >= 11 is 0. The summed E-state index contributed by atoms with van der Waals surface area (Å²) in [6.07, 6.45) is 11.5. The number of allylic oxidation sites excluding steroid dienone is 1. The molecule has 1 aliphatic rings.